The standard InChI is InChI=1S/C15H12N2O2/c1-17-13(5-6-14(17)15(18)19)12-4-2-3-10-9-16-8-7-11(10)12/h2-9H,1H3,(H,18,19). The van der Waals surface area contributed by atoms with Gasteiger partial charge < -0.3 is 9.67 Å². The summed E-state index contributed by atoms with van der Waals surface area (Å²) in [6, 6.07) is 11.3. The van der Waals surface area contributed by atoms with Gasteiger partial charge in [0, 0.05) is 36.1 Å². The van der Waals surface area contributed by atoms with Crippen molar-refractivity contribution in [2.45, 2.75) is 0 Å². The minimum atomic E-state index is -0.921. The molecule has 0 saturated heterocycles. The maximum atomic E-state index is 11.1. The molecule has 94 valence electrons. The second-order valence-corrected chi connectivity index (χ2v) is 4.37. The molecule has 4 nitrogen and oxygen atoms in total. The van der Waals surface area contributed by atoms with Crippen LogP contribution in [0.1, 0.15) is 10.5 Å². The van der Waals surface area contributed by atoms with E-state index in [0.717, 1.165) is 22.0 Å². The van der Waals surface area contributed by atoms with E-state index in [2.05, 4.69) is 4.98 Å². The Morgan fingerprint density at radius 2 is 2.05 bits per heavy atom. The van der Waals surface area contributed by atoms with Crippen molar-refractivity contribution < 1.29 is 9.90 Å². The van der Waals surface area contributed by atoms with Gasteiger partial charge in [-0.25, -0.2) is 4.79 Å². The first-order chi connectivity index (χ1) is 9.18. The molecule has 19 heavy (non-hydrogen) atoms. The summed E-state index contributed by atoms with van der Waals surface area (Å²) in [5.41, 5.74) is 2.17. The minimum absolute atomic E-state index is 0.279. The van der Waals surface area contributed by atoms with Crippen LogP contribution in [0.5, 0.6) is 0 Å². The summed E-state index contributed by atoms with van der Waals surface area (Å²) in [6.45, 7) is 0. The fourth-order valence-corrected chi connectivity index (χ4v) is 2.34. The van der Waals surface area contributed by atoms with Crippen LogP contribution in [0, 0.1) is 0 Å². The molecule has 2 heterocycles. The number of carboxylic acids is 1. The Morgan fingerprint density at radius 3 is 2.79 bits per heavy atom. The summed E-state index contributed by atoms with van der Waals surface area (Å²) in [5, 5.41) is 11.2. The number of carbonyl (C=O) groups is 1. The van der Waals surface area contributed by atoms with Crippen molar-refractivity contribution in [3.8, 4) is 11.3 Å². The van der Waals surface area contributed by atoms with Gasteiger partial charge in [-0.05, 0) is 23.6 Å². The number of rotatable bonds is 2. The number of fused-ring (bicyclic) bond motifs is 1. The molecule has 3 rings (SSSR count). The average Bonchev–Trinajstić information content (AvgIpc) is 2.80. The van der Waals surface area contributed by atoms with Crippen molar-refractivity contribution in [2.24, 2.45) is 7.05 Å². The zero-order valence-corrected chi connectivity index (χ0v) is 10.4. The van der Waals surface area contributed by atoms with Gasteiger partial charge in [0.2, 0.25) is 0 Å². The maximum absolute atomic E-state index is 11.1. The highest BCUT2D eigenvalue weighted by atomic mass is 16.4. The molecule has 3 aromatic rings. The monoisotopic (exact) mass is 252 g/mol. The SMILES string of the molecule is Cn1c(C(=O)O)ccc1-c1cccc2cnccc12. The lowest BCUT2D eigenvalue weighted by molar-refractivity contribution is 0.0687. The third kappa shape index (κ3) is 1.78. The van der Waals surface area contributed by atoms with Gasteiger partial charge in [0.1, 0.15) is 5.69 Å². The summed E-state index contributed by atoms with van der Waals surface area (Å²) < 4.78 is 1.69. The van der Waals surface area contributed by atoms with Crippen LogP contribution in [0.2, 0.25) is 0 Å². The van der Waals surface area contributed by atoms with Crippen LogP contribution in [0.3, 0.4) is 0 Å². The summed E-state index contributed by atoms with van der Waals surface area (Å²) in [6.07, 6.45) is 3.55. The fraction of sp³-hybridized carbons (Fsp3) is 0.0667. The van der Waals surface area contributed by atoms with Gasteiger partial charge in [-0.3, -0.25) is 4.98 Å². The molecular formula is C15H12N2O2. The van der Waals surface area contributed by atoms with E-state index in [9.17, 15) is 4.79 Å². The Balaban J connectivity index is 2.28. The molecule has 4 heteroatoms. The lowest BCUT2D eigenvalue weighted by atomic mass is 10.0. The lowest BCUT2D eigenvalue weighted by Gasteiger charge is -2.08. The van der Waals surface area contributed by atoms with E-state index in [0.29, 0.717) is 0 Å². The summed E-state index contributed by atoms with van der Waals surface area (Å²) in [4.78, 5) is 15.2. The molecule has 0 aliphatic rings. The second-order valence-electron chi connectivity index (χ2n) is 4.37. The molecule has 1 N–H and O–H groups in total. The Morgan fingerprint density at radius 1 is 1.21 bits per heavy atom. The highest BCUT2D eigenvalue weighted by Crippen LogP contribution is 2.29. The molecule has 0 aliphatic heterocycles. The molecule has 0 bridgehead atoms. The molecule has 0 atom stereocenters. The smallest absolute Gasteiger partial charge is 0.352 e. The van der Waals surface area contributed by atoms with Gasteiger partial charge in [0.15, 0.2) is 0 Å². The highest BCUT2D eigenvalue weighted by Gasteiger charge is 2.13. The highest BCUT2D eigenvalue weighted by molar-refractivity contribution is 5.96. The van der Waals surface area contributed by atoms with E-state index in [1.165, 1.54) is 0 Å². The Labute approximate surface area is 109 Å². The van der Waals surface area contributed by atoms with Crippen molar-refractivity contribution in [1.29, 1.82) is 0 Å². The number of aromatic carboxylic acids is 1. The molecule has 0 unspecified atom stereocenters. The molecule has 0 amide bonds. The first-order valence-electron chi connectivity index (χ1n) is 5.90. The molecule has 0 radical (unpaired) electrons. The predicted octanol–water partition coefficient (Wildman–Crippen LogP) is 2.94. The molecule has 0 spiro atoms. The maximum Gasteiger partial charge on any atom is 0.352 e. The van der Waals surface area contributed by atoms with Crippen LogP contribution in [0.15, 0.2) is 48.8 Å². The minimum Gasteiger partial charge on any atom is -0.477 e. The summed E-state index contributed by atoms with van der Waals surface area (Å²) >= 11 is 0. The predicted molar refractivity (Wildman–Crippen MR) is 73.1 cm³/mol. The van der Waals surface area contributed by atoms with Crippen LogP contribution in [-0.2, 0) is 7.05 Å². The number of hydrogen-bond donors (Lipinski definition) is 1. The average molecular weight is 252 g/mol. The number of pyridine rings is 1. The summed E-state index contributed by atoms with van der Waals surface area (Å²) in [5.74, 6) is -0.921. The first-order valence-corrected chi connectivity index (χ1v) is 5.90. The van der Waals surface area contributed by atoms with E-state index >= 15 is 0 Å². The summed E-state index contributed by atoms with van der Waals surface area (Å²) in [7, 11) is 1.76. The fourth-order valence-electron chi connectivity index (χ4n) is 2.34. The third-order valence-corrected chi connectivity index (χ3v) is 3.30. The van der Waals surface area contributed by atoms with Gasteiger partial charge in [-0.2, -0.15) is 0 Å². The van der Waals surface area contributed by atoms with Gasteiger partial charge in [0.05, 0.1) is 0 Å². The van der Waals surface area contributed by atoms with Gasteiger partial charge >= 0.3 is 5.97 Å². The van der Waals surface area contributed by atoms with E-state index in [4.69, 9.17) is 5.11 Å². The van der Waals surface area contributed by atoms with Crippen molar-refractivity contribution in [3.63, 3.8) is 0 Å². The largest absolute Gasteiger partial charge is 0.477 e. The van der Waals surface area contributed by atoms with Gasteiger partial charge in [0.25, 0.3) is 0 Å². The van der Waals surface area contributed by atoms with Gasteiger partial charge in [-0.1, -0.05) is 18.2 Å². The Hall–Kier alpha value is -2.62. The van der Waals surface area contributed by atoms with Crippen LogP contribution >= 0.6 is 0 Å². The molecule has 0 fully saturated rings. The number of aromatic nitrogens is 2. The van der Waals surface area contributed by atoms with Crippen molar-refractivity contribution in [1.82, 2.24) is 9.55 Å². The van der Waals surface area contributed by atoms with E-state index in [1.807, 2.05) is 30.3 Å². The van der Waals surface area contributed by atoms with Gasteiger partial charge in [-0.15, -0.1) is 0 Å². The zero-order valence-electron chi connectivity index (χ0n) is 10.4. The van der Waals surface area contributed by atoms with Crippen LogP contribution in [-0.4, -0.2) is 20.6 Å². The Kier molecular flexibility index (Phi) is 2.56. The van der Waals surface area contributed by atoms with E-state index in [1.54, 1.807) is 30.1 Å². The molecule has 2 aromatic heterocycles. The van der Waals surface area contributed by atoms with Crippen LogP contribution in [0.4, 0.5) is 0 Å². The number of nitrogens with zero attached hydrogens (tertiary/aromatic N) is 2. The lowest BCUT2D eigenvalue weighted by Crippen LogP contribution is -2.05. The van der Waals surface area contributed by atoms with E-state index < -0.39 is 5.97 Å². The molecular weight excluding hydrogens is 240 g/mol. The zero-order chi connectivity index (χ0) is 13.4. The third-order valence-electron chi connectivity index (χ3n) is 3.30. The quantitative estimate of drug-likeness (QED) is 0.763. The number of hydrogen-bond acceptors (Lipinski definition) is 2. The molecule has 0 saturated carbocycles. The van der Waals surface area contributed by atoms with Crippen LogP contribution < -0.4 is 0 Å². The number of carboxylic acid groups (broad SMARTS) is 1. The second kappa shape index (κ2) is 4.24. The van der Waals surface area contributed by atoms with Crippen molar-refractivity contribution >= 4 is 16.7 Å². The normalized spacial score (nSPS) is 10.8. The molecule has 0 aliphatic carbocycles. The Bertz CT molecular complexity index is 769. The first kappa shape index (κ1) is 11.5. The molecule has 1 aromatic carbocycles. The van der Waals surface area contributed by atoms with Crippen molar-refractivity contribution in [3.05, 3.63) is 54.5 Å². The van der Waals surface area contributed by atoms with Crippen LogP contribution in [0.25, 0.3) is 22.0 Å². The number of benzene rings is 1. The topological polar surface area (TPSA) is 55.1 Å². The van der Waals surface area contributed by atoms with Crippen molar-refractivity contribution in [2.75, 3.05) is 0 Å². The van der Waals surface area contributed by atoms with E-state index in [-0.39, 0.29) is 5.69 Å².